The number of carbonyl (C=O) groups is 2. The zero-order valence-corrected chi connectivity index (χ0v) is 9.75. The predicted octanol–water partition coefficient (Wildman–Crippen LogP) is 0.480. The molecule has 0 fully saturated rings. The zero-order valence-electron chi connectivity index (χ0n) is 9.75. The third-order valence-electron chi connectivity index (χ3n) is 2.24. The second-order valence-corrected chi connectivity index (χ2v) is 3.90. The van der Waals surface area contributed by atoms with E-state index in [0.29, 0.717) is 5.82 Å². The molecule has 0 radical (unpaired) electrons. The van der Waals surface area contributed by atoms with Crippen LogP contribution in [0, 0.1) is 0 Å². The minimum Gasteiger partial charge on any atom is -0.478 e. The lowest BCUT2D eigenvalue weighted by molar-refractivity contribution is -0.116. The Hall–Kier alpha value is -2.11. The van der Waals surface area contributed by atoms with Gasteiger partial charge in [0, 0.05) is 12.2 Å². The Morgan fingerprint density at radius 1 is 1.47 bits per heavy atom. The van der Waals surface area contributed by atoms with E-state index in [1.807, 2.05) is 13.8 Å². The second kappa shape index (κ2) is 5.29. The summed E-state index contributed by atoms with van der Waals surface area (Å²) >= 11 is 0. The van der Waals surface area contributed by atoms with Gasteiger partial charge in [-0.25, -0.2) is 9.78 Å². The normalized spacial score (nSPS) is 10.3. The van der Waals surface area contributed by atoms with Crippen LogP contribution in [-0.2, 0) is 4.79 Å². The Morgan fingerprint density at radius 3 is 2.47 bits per heavy atom. The predicted molar refractivity (Wildman–Crippen MR) is 62.9 cm³/mol. The molecule has 0 aliphatic carbocycles. The third-order valence-corrected chi connectivity index (χ3v) is 2.24. The van der Waals surface area contributed by atoms with E-state index in [2.05, 4.69) is 4.98 Å². The van der Waals surface area contributed by atoms with Gasteiger partial charge in [-0.1, -0.05) is 0 Å². The second-order valence-electron chi connectivity index (χ2n) is 3.90. The molecule has 1 aromatic rings. The quantitative estimate of drug-likeness (QED) is 0.776. The van der Waals surface area contributed by atoms with Crippen LogP contribution in [0.3, 0.4) is 0 Å². The molecule has 1 rings (SSSR count). The Balaban J connectivity index is 2.95. The van der Waals surface area contributed by atoms with Crippen LogP contribution in [0.5, 0.6) is 0 Å². The Morgan fingerprint density at radius 2 is 2.12 bits per heavy atom. The van der Waals surface area contributed by atoms with Crippen molar-refractivity contribution in [3.63, 3.8) is 0 Å². The van der Waals surface area contributed by atoms with Crippen molar-refractivity contribution in [1.82, 2.24) is 4.98 Å². The SMILES string of the molecule is CC(C)N(CC(N)=O)c1ccc(C(=O)O)cn1. The van der Waals surface area contributed by atoms with Crippen molar-refractivity contribution in [3.05, 3.63) is 23.9 Å². The number of hydrogen-bond donors (Lipinski definition) is 2. The smallest absolute Gasteiger partial charge is 0.337 e. The molecule has 0 saturated heterocycles. The first-order valence-electron chi connectivity index (χ1n) is 5.16. The number of carbonyl (C=O) groups excluding carboxylic acids is 1. The van der Waals surface area contributed by atoms with Crippen molar-refractivity contribution in [1.29, 1.82) is 0 Å². The fraction of sp³-hybridized carbons (Fsp3) is 0.364. The number of carboxylic acid groups (broad SMARTS) is 1. The molecule has 0 bridgehead atoms. The molecule has 0 aliphatic rings. The average molecular weight is 237 g/mol. The molecule has 0 unspecified atom stereocenters. The van der Waals surface area contributed by atoms with Crippen molar-refractivity contribution in [3.8, 4) is 0 Å². The summed E-state index contributed by atoms with van der Waals surface area (Å²) in [4.78, 5) is 27.3. The van der Waals surface area contributed by atoms with Gasteiger partial charge in [-0.05, 0) is 26.0 Å². The summed E-state index contributed by atoms with van der Waals surface area (Å²) in [7, 11) is 0. The topological polar surface area (TPSA) is 96.5 Å². The summed E-state index contributed by atoms with van der Waals surface area (Å²) in [6.07, 6.45) is 1.26. The minimum absolute atomic E-state index is 0.0469. The summed E-state index contributed by atoms with van der Waals surface area (Å²) in [6.45, 7) is 3.85. The Bertz CT molecular complexity index is 414. The zero-order chi connectivity index (χ0) is 13.0. The van der Waals surface area contributed by atoms with E-state index in [1.165, 1.54) is 12.3 Å². The molecular formula is C11H15N3O3. The van der Waals surface area contributed by atoms with Crippen LogP contribution in [0.25, 0.3) is 0 Å². The molecule has 1 heterocycles. The molecule has 0 aromatic carbocycles. The van der Waals surface area contributed by atoms with Gasteiger partial charge in [-0.3, -0.25) is 4.79 Å². The van der Waals surface area contributed by atoms with Gasteiger partial charge in [0.15, 0.2) is 0 Å². The number of nitrogens with two attached hydrogens (primary N) is 1. The molecule has 92 valence electrons. The van der Waals surface area contributed by atoms with Crippen LogP contribution < -0.4 is 10.6 Å². The molecule has 3 N–H and O–H groups in total. The fourth-order valence-corrected chi connectivity index (χ4v) is 1.38. The number of amides is 1. The van der Waals surface area contributed by atoms with E-state index in [0.717, 1.165) is 0 Å². The van der Waals surface area contributed by atoms with Crippen molar-refractivity contribution in [2.45, 2.75) is 19.9 Å². The van der Waals surface area contributed by atoms with Crippen molar-refractivity contribution in [2.24, 2.45) is 5.73 Å². The number of rotatable bonds is 5. The number of aromatic carboxylic acids is 1. The molecule has 6 heteroatoms. The Labute approximate surface area is 99.1 Å². The van der Waals surface area contributed by atoms with E-state index in [1.54, 1.807) is 11.0 Å². The van der Waals surface area contributed by atoms with Gasteiger partial charge in [0.05, 0.1) is 12.1 Å². The van der Waals surface area contributed by atoms with E-state index >= 15 is 0 Å². The molecule has 1 aromatic heterocycles. The molecule has 0 atom stereocenters. The molecule has 0 spiro atoms. The number of nitrogens with zero attached hydrogens (tertiary/aromatic N) is 2. The lowest BCUT2D eigenvalue weighted by Gasteiger charge is -2.26. The van der Waals surface area contributed by atoms with E-state index in [-0.39, 0.29) is 18.2 Å². The van der Waals surface area contributed by atoms with Gasteiger partial charge < -0.3 is 15.7 Å². The van der Waals surface area contributed by atoms with Crippen LogP contribution in [0.1, 0.15) is 24.2 Å². The van der Waals surface area contributed by atoms with E-state index in [4.69, 9.17) is 10.8 Å². The summed E-state index contributed by atoms with van der Waals surface area (Å²) in [5.41, 5.74) is 5.25. The molecule has 0 saturated carbocycles. The van der Waals surface area contributed by atoms with Gasteiger partial charge in [-0.15, -0.1) is 0 Å². The lowest BCUT2D eigenvalue weighted by Crippen LogP contribution is -2.39. The number of anilines is 1. The van der Waals surface area contributed by atoms with Gasteiger partial charge in [0.25, 0.3) is 0 Å². The van der Waals surface area contributed by atoms with Gasteiger partial charge in [0.2, 0.25) is 5.91 Å². The van der Waals surface area contributed by atoms with E-state index < -0.39 is 11.9 Å². The van der Waals surface area contributed by atoms with E-state index in [9.17, 15) is 9.59 Å². The van der Waals surface area contributed by atoms with Crippen LogP contribution in [0.2, 0.25) is 0 Å². The highest BCUT2D eigenvalue weighted by molar-refractivity contribution is 5.87. The first-order chi connectivity index (χ1) is 7.91. The maximum Gasteiger partial charge on any atom is 0.337 e. The van der Waals surface area contributed by atoms with Gasteiger partial charge >= 0.3 is 5.97 Å². The molecule has 6 nitrogen and oxygen atoms in total. The highest BCUT2D eigenvalue weighted by Crippen LogP contribution is 2.14. The largest absolute Gasteiger partial charge is 0.478 e. The highest BCUT2D eigenvalue weighted by Gasteiger charge is 2.14. The summed E-state index contributed by atoms with van der Waals surface area (Å²) in [5.74, 6) is -0.957. The average Bonchev–Trinajstić information content (AvgIpc) is 2.25. The maximum absolute atomic E-state index is 10.9. The third kappa shape index (κ3) is 3.44. The first-order valence-corrected chi connectivity index (χ1v) is 5.16. The minimum atomic E-state index is -1.03. The van der Waals surface area contributed by atoms with Crippen molar-refractivity contribution < 1.29 is 14.7 Å². The summed E-state index contributed by atoms with van der Waals surface area (Å²) in [6, 6.07) is 3.05. The number of hydrogen-bond acceptors (Lipinski definition) is 4. The molecule has 1 amide bonds. The number of primary amides is 1. The van der Waals surface area contributed by atoms with Crippen LogP contribution in [0.4, 0.5) is 5.82 Å². The van der Waals surface area contributed by atoms with Crippen molar-refractivity contribution in [2.75, 3.05) is 11.4 Å². The highest BCUT2D eigenvalue weighted by atomic mass is 16.4. The number of pyridine rings is 1. The fourth-order valence-electron chi connectivity index (χ4n) is 1.38. The van der Waals surface area contributed by atoms with Crippen molar-refractivity contribution >= 4 is 17.7 Å². The summed E-state index contributed by atoms with van der Waals surface area (Å²) in [5, 5.41) is 8.74. The van der Waals surface area contributed by atoms with Gasteiger partial charge in [0.1, 0.15) is 5.82 Å². The van der Waals surface area contributed by atoms with Crippen LogP contribution in [-0.4, -0.2) is 34.6 Å². The first kappa shape index (κ1) is 13.0. The molecule has 17 heavy (non-hydrogen) atoms. The lowest BCUT2D eigenvalue weighted by atomic mass is 10.2. The van der Waals surface area contributed by atoms with Gasteiger partial charge in [-0.2, -0.15) is 0 Å². The number of carboxylic acids is 1. The van der Waals surface area contributed by atoms with Crippen LogP contribution >= 0.6 is 0 Å². The summed E-state index contributed by atoms with van der Waals surface area (Å²) < 4.78 is 0. The Kier molecular flexibility index (Phi) is 4.03. The van der Waals surface area contributed by atoms with Crippen LogP contribution in [0.15, 0.2) is 18.3 Å². The molecule has 0 aliphatic heterocycles. The maximum atomic E-state index is 10.9. The standard InChI is InChI=1S/C11H15N3O3/c1-7(2)14(6-9(12)15)10-4-3-8(5-13-10)11(16)17/h3-5,7H,6H2,1-2H3,(H2,12,15)(H,16,17). The monoisotopic (exact) mass is 237 g/mol. The molecular weight excluding hydrogens is 222 g/mol. The number of aromatic nitrogens is 1.